The fraction of sp³-hybridized carbons (Fsp3) is 0.350. The van der Waals surface area contributed by atoms with Crippen LogP contribution in [-0.2, 0) is 9.59 Å². The van der Waals surface area contributed by atoms with Crippen molar-refractivity contribution in [2.75, 3.05) is 26.8 Å². The highest BCUT2D eigenvalue weighted by molar-refractivity contribution is 8.18. The number of hydrogen-bond acceptors (Lipinski definition) is 6. The zero-order valence-electron chi connectivity index (χ0n) is 16.0. The van der Waals surface area contributed by atoms with E-state index in [4.69, 9.17) is 9.47 Å². The third kappa shape index (κ3) is 5.63. The molecule has 1 fully saturated rings. The highest BCUT2D eigenvalue weighted by Crippen LogP contribution is 2.34. The monoisotopic (exact) mass is 404 g/mol. The van der Waals surface area contributed by atoms with E-state index in [-0.39, 0.29) is 17.4 Å². The van der Waals surface area contributed by atoms with Crippen LogP contribution in [0, 0.1) is 0 Å². The smallest absolute Gasteiger partial charge is 0.294 e. The molecule has 3 amide bonds. The van der Waals surface area contributed by atoms with Gasteiger partial charge in [0, 0.05) is 6.54 Å². The molecule has 0 aliphatic carbocycles. The predicted molar refractivity (Wildman–Crippen MR) is 109 cm³/mol. The first-order chi connectivity index (χ1) is 13.5. The number of carbonyl (C=O) groups is 3. The summed E-state index contributed by atoms with van der Waals surface area (Å²) in [6.45, 7) is 6.21. The van der Waals surface area contributed by atoms with Crippen LogP contribution in [0.25, 0.3) is 6.08 Å². The molecule has 2 rings (SSSR count). The first-order valence-electron chi connectivity index (χ1n) is 8.94. The lowest BCUT2D eigenvalue weighted by molar-refractivity contribution is -0.129. The molecule has 1 saturated heterocycles. The predicted octanol–water partition coefficient (Wildman–Crippen LogP) is 3.21. The van der Waals surface area contributed by atoms with Crippen LogP contribution in [0.2, 0.25) is 0 Å². The third-order valence-electron chi connectivity index (χ3n) is 3.87. The second-order valence-electron chi connectivity index (χ2n) is 5.98. The number of ether oxygens (including phenoxy) is 2. The molecule has 28 heavy (non-hydrogen) atoms. The lowest BCUT2D eigenvalue weighted by atomic mass is 10.2. The van der Waals surface area contributed by atoms with E-state index in [0.29, 0.717) is 30.2 Å². The zero-order valence-corrected chi connectivity index (χ0v) is 16.8. The van der Waals surface area contributed by atoms with E-state index in [9.17, 15) is 14.4 Å². The van der Waals surface area contributed by atoms with E-state index in [2.05, 4.69) is 11.9 Å². The number of unbranched alkanes of at least 4 members (excludes halogenated alkanes) is 1. The number of thioether (sulfide) groups is 1. The van der Waals surface area contributed by atoms with Crippen LogP contribution >= 0.6 is 11.8 Å². The average molecular weight is 404 g/mol. The highest BCUT2D eigenvalue weighted by Gasteiger charge is 2.36. The normalized spacial score (nSPS) is 15.1. The van der Waals surface area contributed by atoms with Gasteiger partial charge in [-0.1, -0.05) is 32.1 Å². The molecule has 1 N–H and O–H groups in total. The second-order valence-corrected chi connectivity index (χ2v) is 6.97. The summed E-state index contributed by atoms with van der Waals surface area (Å²) < 4.78 is 10.8. The standard InChI is InChI=1S/C20H24N2O5S/c1-4-6-9-21-18(23)13-22-19(24)17(28-20(22)25)12-14-7-8-15(27-10-5-2)16(11-14)26-3/h5,7-8,11-12H,2,4,6,9-10,13H2,1,3H3,(H,21,23)/b17-12-. The van der Waals surface area contributed by atoms with Gasteiger partial charge in [-0.2, -0.15) is 0 Å². The summed E-state index contributed by atoms with van der Waals surface area (Å²) in [6, 6.07) is 5.19. The summed E-state index contributed by atoms with van der Waals surface area (Å²) in [6.07, 6.45) is 5.02. The molecule has 1 aliphatic heterocycles. The Labute approximate surface area is 168 Å². The molecule has 150 valence electrons. The Morgan fingerprint density at radius 2 is 2.11 bits per heavy atom. The topological polar surface area (TPSA) is 84.9 Å². The molecule has 0 unspecified atom stereocenters. The van der Waals surface area contributed by atoms with Crippen LogP contribution in [0.1, 0.15) is 25.3 Å². The fourth-order valence-electron chi connectivity index (χ4n) is 2.43. The molecule has 1 aromatic rings. The lowest BCUT2D eigenvalue weighted by Gasteiger charge is -2.12. The minimum Gasteiger partial charge on any atom is -0.493 e. The molecule has 0 aromatic heterocycles. The van der Waals surface area contributed by atoms with Crippen molar-refractivity contribution in [1.29, 1.82) is 0 Å². The maximum Gasteiger partial charge on any atom is 0.294 e. The maximum absolute atomic E-state index is 12.5. The van der Waals surface area contributed by atoms with Gasteiger partial charge in [0.2, 0.25) is 5.91 Å². The molecule has 0 spiro atoms. The van der Waals surface area contributed by atoms with Crippen LogP contribution < -0.4 is 14.8 Å². The van der Waals surface area contributed by atoms with Crippen molar-refractivity contribution in [3.05, 3.63) is 41.3 Å². The van der Waals surface area contributed by atoms with Crippen LogP contribution in [0.15, 0.2) is 35.8 Å². The van der Waals surface area contributed by atoms with E-state index in [1.165, 1.54) is 7.11 Å². The molecule has 1 heterocycles. The van der Waals surface area contributed by atoms with Crippen molar-refractivity contribution in [3.63, 3.8) is 0 Å². The fourth-order valence-corrected chi connectivity index (χ4v) is 3.27. The number of nitrogens with one attached hydrogen (secondary N) is 1. The Morgan fingerprint density at radius 1 is 1.32 bits per heavy atom. The molecule has 0 bridgehead atoms. The lowest BCUT2D eigenvalue weighted by Crippen LogP contribution is -2.39. The molecule has 0 atom stereocenters. The Hall–Kier alpha value is -2.74. The molecule has 1 aromatic carbocycles. The molecular weight excluding hydrogens is 380 g/mol. The van der Waals surface area contributed by atoms with Gasteiger partial charge >= 0.3 is 0 Å². The van der Waals surface area contributed by atoms with Gasteiger partial charge in [-0.05, 0) is 42.0 Å². The van der Waals surface area contributed by atoms with Gasteiger partial charge in [-0.15, -0.1) is 0 Å². The number of hydrogen-bond donors (Lipinski definition) is 1. The van der Waals surface area contributed by atoms with Crippen molar-refractivity contribution < 1.29 is 23.9 Å². The van der Waals surface area contributed by atoms with E-state index in [1.54, 1.807) is 30.4 Å². The van der Waals surface area contributed by atoms with Gasteiger partial charge in [0.15, 0.2) is 11.5 Å². The minimum absolute atomic E-state index is 0.258. The molecule has 7 nitrogen and oxygen atoms in total. The maximum atomic E-state index is 12.5. The van der Waals surface area contributed by atoms with E-state index in [0.717, 1.165) is 29.5 Å². The number of methoxy groups -OCH3 is 1. The zero-order chi connectivity index (χ0) is 20.5. The summed E-state index contributed by atoms with van der Waals surface area (Å²) >= 11 is 0.812. The van der Waals surface area contributed by atoms with Crippen LogP contribution in [0.5, 0.6) is 11.5 Å². The Bertz CT molecular complexity index is 791. The summed E-state index contributed by atoms with van der Waals surface area (Å²) in [5.74, 6) is 0.232. The number of benzene rings is 1. The molecular formula is C20H24N2O5S. The molecule has 0 saturated carbocycles. The van der Waals surface area contributed by atoms with Crippen LogP contribution in [-0.4, -0.2) is 48.8 Å². The molecule has 0 radical (unpaired) electrons. The van der Waals surface area contributed by atoms with Crippen molar-refractivity contribution in [2.24, 2.45) is 0 Å². The van der Waals surface area contributed by atoms with Gasteiger partial charge in [-0.3, -0.25) is 19.3 Å². The molecule has 1 aliphatic rings. The third-order valence-corrected chi connectivity index (χ3v) is 4.78. The van der Waals surface area contributed by atoms with Gasteiger partial charge in [-0.25, -0.2) is 0 Å². The van der Waals surface area contributed by atoms with Crippen molar-refractivity contribution in [2.45, 2.75) is 19.8 Å². The van der Waals surface area contributed by atoms with Gasteiger partial charge in [0.05, 0.1) is 12.0 Å². The first kappa shape index (κ1) is 21.6. The van der Waals surface area contributed by atoms with Crippen molar-refractivity contribution >= 4 is 34.9 Å². The SMILES string of the molecule is C=CCOc1ccc(/C=C2\SC(=O)N(CC(=O)NCCCC)C2=O)cc1OC. The van der Waals surface area contributed by atoms with Gasteiger partial charge in [0.25, 0.3) is 11.1 Å². The Balaban J connectivity index is 2.10. The summed E-state index contributed by atoms with van der Waals surface area (Å²) in [7, 11) is 1.52. The summed E-state index contributed by atoms with van der Waals surface area (Å²) in [5, 5.41) is 2.24. The largest absolute Gasteiger partial charge is 0.493 e. The number of amides is 3. The Morgan fingerprint density at radius 3 is 2.79 bits per heavy atom. The van der Waals surface area contributed by atoms with Crippen molar-refractivity contribution in [1.82, 2.24) is 10.2 Å². The highest BCUT2D eigenvalue weighted by atomic mass is 32.2. The first-order valence-corrected chi connectivity index (χ1v) is 9.75. The minimum atomic E-state index is -0.480. The summed E-state index contributed by atoms with van der Waals surface area (Å²) in [4.78, 5) is 37.8. The van der Waals surface area contributed by atoms with E-state index >= 15 is 0 Å². The number of rotatable bonds is 10. The van der Waals surface area contributed by atoms with Gasteiger partial charge in [0.1, 0.15) is 13.2 Å². The summed E-state index contributed by atoms with van der Waals surface area (Å²) in [5.41, 5.74) is 0.681. The van der Waals surface area contributed by atoms with Crippen LogP contribution in [0.3, 0.4) is 0 Å². The van der Waals surface area contributed by atoms with Crippen LogP contribution in [0.4, 0.5) is 4.79 Å². The Kier molecular flexibility index (Phi) is 8.13. The molecule has 8 heteroatoms. The van der Waals surface area contributed by atoms with Crippen molar-refractivity contribution in [3.8, 4) is 11.5 Å². The quantitative estimate of drug-likeness (QED) is 0.366. The van der Waals surface area contributed by atoms with Gasteiger partial charge < -0.3 is 14.8 Å². The number of carbonyl (C=O) groups excluding carboxylic acids is 3. The second kappa shape index (κ2) is 10.6. The number of imide groups is 1. The van der Waals surface area contributed by atoms with E-state index < -0.39 is 11.1 Å². The number of nitrogens with zero attached hydrogens (tertiary/aromatic N) is 1. The van der Waals surface area contributed by atoms with E-state index in [1.807, 2.05) is 6.92 Å². The average Bonchev–Trinajstić information content (AvgIpc) is 2.94.